The van der Waals surface area contributed by atoms with Crippen molar-refractivity contribution in [3.05, 3.63) is 29.6 Å². The predicted octanol–water partition coefficient (Wildman–Crippen LogP) is 0.547. The van der Waals surface area contributed by atoms with Crippen molar-refractivity contribution in [3.63, 3.8) is 0 Å². The molecule has 21 heavy (non-hydrogen) atoms. The third-order valence-corrected chi connectivity index (χ3v) is 3.06. The smallest absolute Gasteiger partial charge is 0.273 e. The Hall–Kier alpha value is -2.48. The van der Waals surface area contributed by atoms with Gasteiger partial charge in [0.2, 0.25) is 0 Å². The second kappa shape index (κ2) is 5.88. The molecule has 3 heterocycles. The maximum absolute atomic E-state index is 12.0. The van der Waals surface area contributed by atoms with Crippen LogP contribution in [0.4, 0.5) is 0 Å². The van der Waals surface area contributed by atoms with Crippen molar-refractivity contribution in [2.75, 3.05) is 19.8 Å². The zero-order chi connectivity index (χ0) is 14.7. The Kier molecular flexibility index (Phi) is 3.78. The van der Waals surface area contributed by atoms with E-state index in [1.165, 1.54) is 0 Å². The fraction of sp³-hybridized carbons (Fsp3) is 0.385. The minimum Gasteiger partial charge on any atom is -0.377 e. The summed E-state index contributed by atoms with van der Waals surface area (Å²) >= 11 is 0. The van der Waals surface area contributed by atoms with E-state index >= 15 is 0 Å². The monoisotopic (exact) mass is 289 g/mol. The van der Waals surface area contributed by atoms with Gasteiger partial charge in [0, 0.05) is 19.7 Å². The lowest BCUT2D eigenvalue weighted by atomic mass is 10.2. The normalized spacial score (nSPS) is 14.8. The lowest BCUT2D eigenvalue weighted by molar-refractivity contribution is 0.0943. The van der Waals surface area contributed by atoms with Gasteiger partial charge in [0.1, 0.15) is 0 Å². The number of rotatable bonds is 4. The maximum Gasteiger partial charge on any atom is 0.273 e. The number of carbonyl (C=O) groups excluding carboxylic acids is 1. The van der Waals surface area contributed by atoms with Crippen molar-refractivity contribution in [1.82, 2.24) is 25.5 Å². The molecule has 2 aromatic rings. The van der Waals surface area contributed by atoms with Crippen molar-refractivity contribution in [2.45, 2.75) is 6.42 Å². The minimum absolute atomic E-state index is 0.216. The molecule has 1 N–H and O–H groups in total. The maximum atomic E-state index is 12.0. The molecular weight excluding hydrogens is 274 g/mol. The lowest BCUT2D eigenvalue weighted by Gasteiger charge is -2.13. The minimum atomic E-state index is -0.291. The summed E-state index contributed by atoms with van der Waals surface area (Å²) in [5.41, 5.74) is 1.81. The van der Waals surface area contributed by atoms with E-state index in [9.17, 15) is 4.79 Å². The average Bonchev–Trinajstić information content (AvgIpc) is 3.14. The molecule has 2 aromatic heterocycles. The van der Waals surface area contributed by atoms with Gasteiger partial charge in [0.25, 0.3) is 5.91 Å². The van der Waals surface area contributed by atoms with Crippen molar-refractivity contribution < 1.29 is 14.1 Å². The van der Waals surface area contributed by atoms with E-state index in [1.54, 1.807) is 24.0 Å². The molecule has 0 radical (unpaired) electrons. The van der Waals surface area contributed by atoms with Crippen LogP contribution >= 0.6 is 0 Å². The summed E-state index contributed by atoms with van der Waals surface area (Å²) < 4.78 is 12.0. The van der Waals surface area contributed by atoms with Crippen LogP contribution in [0, 0.1) is 0 Å². The van der Waals surface area contributed by atoms with Crippen molar-refractivity contribution in [2.24, 2.45) is 7.05 Å². The van der Waals surface area contributed by atoms with E-state index in [0.717, 1.165) is 18.6 Å². The fourth-order valence-electron chi connectivity index (χ4n) is 1.98. The number of carbonyl (C=O) groups is 1. The summed E-state index contributed by atoms with van der Waals surface area (Å²) in [6.07, 6.45) is 4.65. The molecule has 1 aliphatic heterocycles. The topological polar surface area (TPSA) is 95.1 Å². The van der Waals surface area contributed by atoms with Crippen LogP contribution < -0.4 is 5.32 Å². The standard InChI is InChI=1S/C13H15N5O3/c1-18-7-11(15-17-18)12-5-10(16-21-12)13(19)14-6-9-3-2-4-20-8-9/h3,5,7H,2,4,6,8H2,1H3,(H,14,19). The molecule has 3 rings (SSSR count). The Balaban J connectivity index is 1.62. The highest BCUT2D eigenvalue weighted by atomic mass is 16.5. The molecule has 0 aromatic carbocycles. The summed E-state index contributed by atoms with van der Waals surface area (Å²) in [5, 5.41) is 14.2. The Labute approximate surface area is 120 Å². The van der Waals surface area contributed by atoms with Crippen LogP contribution in [0.15, 0.2) is 28.4 Å². The molecule has 0 saturated heterocycles. The highest BCUT2D eigenvalue weighted by Crippen LogP contribution is 2.16. The molecule has 0 fully saturated rings. The Morgan fingerprint density at radius 3 is 3.14 bits per heavy atom. The lowest BCUT2D eigenvalue weighted by Crippen LogP contribution is -2.28. The van der Waals surface area contributed by atoms with E-state index in [0.29, 0.717) is 24.6 Å². The second-order valence-corrected chi connectivity index (χ2v) is 4.74. The molecular formula is C13H15N5O3. The van der Waals surface area contributed by atoms with Crippen LogP contribution in [0.2, 0.25) is 0 Å². The fourth-order valence-corrected chi connectivity index (χ4v) is 1.98. The van der Waals surface area contributed by atoms with E-state index in [-0.39, 0.29) is 11.6 Å². The van der Waals surface area contributed by atoms with Crippen molar-refractivity contribution >= 4 is 5.91 Å². The Bertz CT molecular complexity index is 673. The zero-order valence-corrected chi connectivity index (χ0v) is 11.6. The van der Waals surface area contributed by atoms with Gasteiger partial charge in [-0.25, -0.2) is 0 Å². The van der Waals surface area contributed by atoms with Gasteiger partial charge in [-0.1, -0.05) is 16.4 Å². The van der Waals surface area contributed by atoms with E-state index in [1.807, 2.05) is 0 Å². The molecule has 0 saturated carbocycles. The van der Waals surface area contributed by atoms with Gasteiger partial charge >= 0.3 is 0 Å². The average molecular weight is 289 g/mol. The van der Waals surface area contributed by atoms with Gasteiger partial charge in [-0.2, -0.15) is 0 Å². The number of aromatic nitrogens is 4. The Morgan fingerprint density at radius 1 is 1.52 bits per heavy atom. The van der Waals surface area contributed by atoms with Crippen LogP contribution in [-0.4, -0.2) is 45.8 Å². The summed E-state index contributed by atoms with van der Waals surface area (Å²) in [7, 11) is 1.75. The molecule has 8 heteroatoms. The highest BCUT2D eigenvalue weighted by molar-refractivity contribution is 5.93. The number of hydrogen-bond acceptors (Lipinski definition) is 6. The van der Waals surface area contributed by atoms with Crippen molar-refractivity contribution in [3.8, 4) is 11.5 Å². The zero-order valence-electron chi connectivity index (χ0n) is 11.6. The van der Waals surface area contributed by atoms with Crippen LogP contribution in [0.3, 0.4) is 0 Å². The molecule has 0 unspecified atom stereocenters. The number of nitrogens with zero attached hydrogens (tertiary/aromatic N) is 4. The number of nitrogens with one attached hydrogen (secondary N) is 1. The van der Waals surface area contributed by atoms with Crippen LogP contribution in [0.5, 0.6) is 0 Å². The molecule has 8 nitrogen and oxygen atoms in total. The van der Waals surface area contributed by atoms with Crippen LogP contribution in [-0.2, 0) is 11.8 Å². The first kappa shape index (κ1) is 13.5. The Morgan fingerprint density at radius 2 is 2.43 bits per heavy atom. The molecule has 110 valence electrons. The molecule has 0 bridgehead atoms. The van der Waals surface area contributed by atoms with Gasteiger partial charge in [0.15, 0.2) is 17.1 Å². The van der Waals surface area contributed by atoms with Crippen molar-refractivity contribution in [1.29, 1.82) is 0 Å². The summed E-state index contributed by atoms with van der Waals surface area (Å²) in [6, 6.07) is 1.55. The highest BCUT2D eigenvalue weighted by Gasteiger charge is 2.16. The van der Waals surface area contributed by atoms with Gasteiger partial charge < -0.3 is 14.6 Å². The first-order valence-electron chi connectivity index (χ1n) is 6.59. The van der Waals surface area contributed by atoms with E-state index in [2.05, 4.69) is 26.9 Å². The summed E-state index contributed by atoms with van der Waals surface area (Å²) in [6.45, 7) is 1.75. The predicted molar refractivity (Wildman–Crippen MR) is 72.4 cm³/mol. The SMILES string of the molecule is Cn1cc(-c2cc(C(=O)NCC3=CCCOC3)no2)nn1. The van der Waals surface area contributed by atoms with E-state index in [4.69, 9.17) is 9.26 Å². The summed E-state index contributed by atoms with van der Waals surface area (Å²) in [5.74, 6) is 0.119. The third kappa shape index (κ3) is 3.16. The van der Waals surface area contributed by atoms with Gasteiger partial charge in [-0.05, 0) is 12.0 Å². The molecule has 1 aliphatic rings. The quantitative estimate of drug-likeness (QED) is 0.826. The molecule has 0 aliphatic carbocycles. The third-order valence-electron chi connectivity index (χ3n) is 3.06. The first-order valence-corrected chi connectivity index (χ1v) is 6.59. The van der Waals surface area contributed by atoms with Gasteiger partial charge in [-0.15, -0.1) is 5.10 Å². The first-order chi connectivity index (χ1) is 10.2. The van der Waals surface area contributed by atoms with Crippen LogP contribution in [0.1, 0.15) is 16.9 Å². The number of amides is 1. The second-order valence-electron chi connectivity index (χ2n) is 4.74. The van der Waals surface area contributed by atoms with E-state index < -0.39 is 0 Å². The summed E-state index contributed by atoms with van der Waals surface area (Å²) in [4.78, 5) is 12.0. The largest absolute Gasteiger partial charge is 0.377 e. The number of ether oxygens (including phenoxy) is 1. The molecule has 0 spiro atoms. The molecule has 1 amide bonds. The van der Waals surface area contributed by atoms with Crippen LogP contribution in [0.25, 0.3) is 11.5 Å². The van der Waals surface area contributed by atoms with Gasteiger partial charge in [-0.3, -0.25) is 9.48 Å². The number of aryl methyl sites for hydroxylation is 1. The van der Waals surface area contributed by atoms with Gasteiger partial charge in [0.05, 0.1) is 19.4 Å². The molecule has 0 atom stereocenters. The number of hydrogen-bond donors (Lipinski definition) is 1.